The SMILES string of the molecule is CCCCS(=O)(=O)Nc1ccc(N2CCOCC2)nc1. The Morgan fingerprint density at radius 1 is 1.35 bits per heavy atom. The van der Waals surface area contributed by atoms with Gasteiger partial charge in [-0.2, -0.15) is 0 Å². The number of pyridine rings is 1. The van der Waals surface area contributed by atoms with Gasteiger partial charge < -0.3 is 9.64 Å². The fraction of sp³-hybridized carbons (Fsp3) is 0.615. The molecule has 1 N–H and O–H groups in total. The fourth-order valence-electron chi connectivity index (χ4n) is 1.99. The van der Waals surface area contributed by atoms with E-state index >= 15 is 0 Å². The number of nitrogens with zero attached hydrogens (tertiary/aromatic N) is 2. The van der Waals surface area contributed by atoms with Gasteiger partial charge in [-0.25, -0.2) is 13.4 Å². The van der Waals surface area contributed by atoms with Crippen molar-refractivity contribution in [2.45, 2.75) is 19.8 Å². The number of aromatic nitrogens is 1. The van der Waals surface area contributed by atoms with Crippen LogP contribution in [0.2, 0.25) is 0 Å². The molecule has 1 aliphatic heterocycles. The highest BCUT2D eigenvalue weighted by atomic mass is 32.2. The first-order valence-electron chi connectivity index (χ1n) is 6.90. The van der Waals surface area contributed by atoms with Crippen molar-refractivity contribution in [3.8, 4) is 0 Å². The summed E-state index contributed by atoms with van der Waals surface area (Å²) in [5, 5.41) is 0. The van der Waals surface area contributed by atoms with E-state index in [1.54, 1.807) is 12.3 Å². The maximum atomic E-state index is 11.8. The predicted octanol–water partition coefficient (Wildman–Crippen LogP) is 1.46. The number of hydrogen-bond acceptors (Lipinski definition) is 5. The molecule has 6 nitrogen and oxygen atoms in total. The molecule has 0 spiro atoms. The molecule has 0 unspecified atom stereocenters. The largest absolute Gasteiger partial charge is 0.378 e. The summed E-state index contributed by atoms with van der Waals surface area (Å²) in [5.74, 6) is 0.999. The Bertz CT molecular complexity index is 510. The average Bonchev–Trinajstić information content (AvgIpc) is 2.46. The van der Waals surface area contributed by atoms with Crippen molar-refractivity contribution < 1.29 is 13.2 Å². The summed E-state index contributed by atoms with van der Waals surface area (Å²) in [7, 11) is -3.26. The molecule has 1 aliphatic rings. The number of anilines is 2. The summed E-state index contributed by atoms with van der Waals surface area (Å²) < 4.78 is 31.4. The summed E-state index contributed by atoms with van der Waals surface area (Å²) in [6.45, 7) is 5.00. The lowest BCUT2D eigenvalue weighted by molar-refractivity contribution is 0.122. The first kappa shape index (κ1) is 15.1. The monoisotopic (exact) mass is 299 g/mol. The maximum Gasteiger partial charge on any atom is 0.232 e. The van der Waals surface area contributed by atoms with Gasteiger partial charge in [0.1, 0.15) is 5.82 Å². The molecule has 1 fully saturated rings. The minimum atomic E-state index is -3.26. The zero-order valence-electron chi connectivity index (χ0n) is 11.7. The number of hydrogen-bond donors (Lipinski definition) is 1. The van der Waals surface area contributed by atoms with E-state index in [4.69, 9.17) is 4.74 Å². The Morgan fingerprint density at radius 3 is 2.70 bits per heavy atom. The smallest absolute Gasteiger partial charge is 0.232 e. The standard InChI is InChI=1S/C13H21N3O3S/c1-2-3-10-20(17,18)15-12-4-5-13(14-11-12)16-6-8-19-9-7-16/h4-5,11,15H,2-3,6-10H2,1H3. The summed E-state index contributed by atoms with van der Waals surface area (Å²) in [6.07, 6.45) is 3.08. The van der Waals surface area contributed by atoms with Crippen LogP contribution in [-0.2, 0) is 14.8 Å². The molecule has 0 aromatic carbocycles. The Kier molecular flexibility index (Phi) is 5.19. The van der Waals surface area contributed by atoms with Crippen molar-refractivity contribution in [3.63, 3.8) is 0 Å². The normalized spacial score (nSPS) is 16.1. The molecule has 0 saturated carbocycles. The molecule has 1 saturated heterocycles. The lowest BCUT2D eigenvalue weighted by Crippen LogP contribution is -2.36. The zero-order valence-corrected chi connectivity index (χ0v) is 12.5. The van der Waals surface area contributed by atoms with Crippen LogP contribution in [-0.4, -0.2) is 45.5 Å². The molecule has 2 heterocycles. The molecule has 0 amide bonds. The van der Waals surface area contributed by atoms with E-state index in [9.17, 15) is 8.42 Å². The van der Waals surface area contributed by atoms with Crippen molar-refractivity contribution in [1.29, 1.82) is 0 Å². The molecular weight excluding hydrogens is 278 g/mol. The second-order valence-corrected chi connectivity index (χ2v) is 6.62. The van der Waals surface area contributed by atoms with Gasteiger partial charge in [-0.05, 0) is 18.6 Å². The highest BCUT2D eigenvalue weighted by Gasteiger charge is 2.13. The molecule has 1 aromatic rings. The third kappa shape index (κ3) is 4.35. The molecule has 0 aliphatic carbocycles. The van der Waals surface area contributed by atoms with Crippen molar-refractivity contribution in [1.82, 2.24) is 4.98 Å². The fourth-order valence-corrected chi connectivity index (χ4v) is 3.24. The molecule has 1 aromatic heterocycles. The number of ether oxygens (including phenoxy) is 1. The van der Waals surface area contributed by atoms with Gasteiger partial charge in [0.2, 0.25) is 10.0 Å². The van der Waals surface area contributed by atoms with Crippen molar-refractivity contribution in [2.24, 2.45) is 0 Å². The summed E-state index contributed by atoms with van der Waals surface area (Å²) in [5.41, 5.74) is 0.512. The van der Waals surface area contributed by atoms with E-state index in [1.807, 2.05) is 13.0 Å². The number of rotatable bonds is 6. The van der Waals surface area contributed by atoms with Crippen LogP contribution in [0.5, 0.6) is 0 Å². The first-order valence-corrected chi connectivity index (χ1v) is 8.55. The summed E-state index contributed by atoms with van der Waals surface area (Å²) in [6, 6.07) is 3.59. The van der Waals surface area contributed by atoms with Crippen LogP contribution < -0.4 is 9.62 Å². The minimum absolute atomic E-state index is 0.148. The van der Waals surface area contributed by atoms with E-state index in [1.165, 1.54) is 0 Å². The van der Waals surface area contributed by atoms with Crippen LogP contribution in [0.15, 0.2) is 18.3 Å². The number of morpholine rings is 1. The molecule has 0 bridgehead atoms. The Balaban J connectivity index is 1.97. The zero-order chi connectivity index (χ0) is 14.4. The predicted molar refractivity (Wildman–Crippen MR) is 79.6 cm³/mol. The molecule has 20 heavy (non-hydrogen) atoms. The number of unbranched alkanes of at least 4 members (excludes halogenated alkanes) is 1. The Morgan fingerprint density at radius 2 is 2.10 bits per heavy atom. The Hall–Kier alpha value is -1.34. The number of sulfonamides is 1. The van der Waals surface area contributed by atoms with E-state index in [-0.39, 0.29) is 5.75 Å². The number of nitrogens with one attached hydrogen (secondary N) is 1. The van der Waals surface area contributed by atoms with Crippen LogP contribution in [0, 0.1) is 0 Å². The van der Waals surface area contributed by atoms with Gasteiger partial charge in [0, 0.05) is 13.1 Å². The molecule has 7 heteroatoms. The molecule has 112 valence electrons. The van der Waals surface area contributed by atoms with Gasteiger partial charge >= 0.3 is 0 Å². The minimum Gasteiger partial charge on any atom is -0.378 e. The summed E-state index contributed by atoms with van der Waals surface area (Å²) >= 11 is 0. The van der Waals surface area contributed by atoms with Crippen LogP contribution >= 0.6 is 0 Å². The van der Waals surface area contributed by atoms with Crippen LogP contribution in [0.3, 0.4) is 0 Å². The van der Waals surface area contributed by atoms with Gasteiger partial charge in [-0.1, -0.05) is 13.3 Å². The van der Waals surface area contributed by atoms with Crippen LogP contribution in [0.1, 0.15) is 19.8 Å². The second kappa shape index (κ2) is 6.90. The van der Waals surface area contributed by atoms with Gasteiger partial charge in [0.15, 0.2) is 0 Å². The maximum absolute atomic E-state index is 11.8. The summed E-state index contributed by atoms with van der Waals surface area (Å²) in [4.78, 5) is 6.43. The molecule has 0 radical (unpaired) electrons. The van der Waals surface area contributed by atoms with Gasteiger partial charge in [0.05, 0.1) is 30.9 Å². The average molecular weight is 299 g/mol. The van der Waals surface area contributed by atoms with Crippen molar-refractivity contribution in [2.75, 3.05) is 41.7 Å². The van der Waals surface area contributed by atoms with Gasteiger partial charge in [0.25, 0.3) is 0 Å². The van der Waals surface area contributed by atoms with Gasteiger partial charge in [-0.15, -0.1) is 0 Å². The first-order chi connectivity index (χ1) is 9.61. The quantitative estimate of drug-likeness (QED) is 0.861. The third-order valence-corrected chi connectivity index (χ3v) is 4.50. The van der Waals surface area contributed by atoms with Crippen molar-refractivity contribution in [3.05, 3.63) is 18.3 Å². The van der Waals surface area contributed by atoms with Crippen LogP contribution in [0.25, 0.3) is 0 Å². The lowest BCUT2D eigenvalue weighted by atomic mass is 10.3. The highest BCUT2D eigenvalue weighted by molar-refractivity contribution is 7.92. The highest BCUT2D eigenvalue weighted by Crippen LogP contribution is 2.16. The van der Waals surface area contributed by atoms with E-state index < -0.39 is 10.0 Å². The Labute approximate surface area is 120 Å². The molecule has 0 atom stereocenters. The van der Waals surface area contributed by atoms with E-state index in [0.717, 1.165) is 25.3 Å². The lowest BCUT2D eigenvalue weighted by Gasteiger charge is -2.27. The second-order valence-electron chi connectivity index (χ2n) is 4.78. The van der Waals surface area contributed by atoms with E-state index in [0.29, 0.717) is 25.3 Å². The third-order valence-electron chi connectivity index (χ3n) is 3.12. The van der Waals surface area contributed by atoms with E-state index in [2.05, 4.69) is 14.6 Å². The topological polar surface area (TPSA) is 71.5 Å². The van der Waals surface area contributed by atoms with Crippen molar-refractivity contribution >= 4 is 21.5 Å². The van der Waals surface area contributed by atoms with Crippen LogP contribution in [0.4, 0.5) is 11.5 Å². The molecular formula is C13H21N3O3S. The van der Waals surface area contributed by atoms with Gasteiger partial charge in [-0.3, -0.25) is 4.72 Å². The molecule has 2 rings (SSSR count).